The van der Waals surface area contributed by atoms with Crippen molar-refractivity contribution < 1.29 is 14.3 Å². The number of amides is 1. The number of rotatable bonds is 5. The average molecular weight is 241 g/mol. The predicted octanol–water partition coefficient (Wildman–Crippen LogP) is 1.98. The van der Waals surface area contributed by atoms with Gasteiger partial charge in [-0.25, -0.2) is 0 Å². The molecule has 1 rings (SSSR count). The fourth-order valence-corrected chi connectivity index (χ4v) is 2.35. The van der Waals surface area contributed by atoms with E-state index in [9.17, 15) is 9.59 Å². The van der Waals surface area contributed by atoms with Crippen molar-refractivity contribution >= 4 is 11.9 Å². The summed E-state index contributed by atoms with van der Waals surface area (Å²) in [6.45, 7) is 3.48. The fraction of sp³-hybridized carbons (Fsp3) is 0.846. The van der Waals surface area contributed by atoms with Gasteiger partial charge in [-0.15, -0.1) is 0 Å². The minimum absolute atomic E-state index is 0.188. The van der Waals surface area contributed by atoms with Gasteiger partial charge in [0.15, 0.2) is 0 Å². The smallest absolute Gasteiger partial charge is 0.307 e. The third-order valence-electron chi connectivity index (χ3n) is 3.44. The minimum Gasteiger partial charge on any atom is -0.469 e. The maximum atomic E-state index is 11.8. The van der Waals surface area contributed by atoms with Gasteiger partial charge in [0, 0.05) is 19.5 Å². The van der Waals surface area contributed by atoms with Gasteiger partial charge in [-0.2, -0.15) is 0 Å². The molecular formula is C13H23NO3. The van der Waals surface area contributed by atoms with Crippen LogP contribution in [0.2, 0.25) is 0 Å². The number of carbonyl (C=O) groups is 2. The molecule has 17 heavy (non-hydrogen) atoms. The molecule has 4 heteroatoms. The molecule has 0 spiro atoms. The summed E-state index contributed by atoms with van der Waals surface area (Å²) < 4.78 is 4.59. The molecule has 1 fully saturated rings. The van der Waals surface area contributed by atoms with Gasteiger partial charge in [0.25, 0.3) is 0 Å². The van der Waals surface area contributed by atoms with E-state index in [4.69, 9.17) is 0 Å². The van der Waals surface area contributed by atoms with E-state index < -0.39 is 0 Å². The largest absolute Gasteiger partial charge is 0.469 e. The average Bonchev–Trinajstić information content (AvgIpc) is 2.50. The Morgan fingerprint density at radius 3 is 2.88 bits per heavy atom. The van der Waals surface area contributed by atoms with Gasteiger partial charge in [0.2, 0.25) is 5.91 Å². The van der Waals surface area contributed by atoms with Crippen molar-refractivity contribution in [1.29, 1.82) is 0 Å². The molecule has 1 aliphatic heterocycles. The van der Waals surface area contributed by atoms with E-state index in [-0.39, 0.29) is 11.9 Å². The van der Waals surface area contributed by atoms with E-state index in [1.54, 1.807) is 0 Å². The van der Waals surface area contributed by atoms with Crippen molar-refractivity contribution in [3.8, 4) is 0 Å². The zero-order chi connectivity index (χ0) is 12.7. The molecule has 0 saturated carbocycles. The summed E-state index contributed by atoms with van der Waals surface area (Å²) in [5.74, 6) is 0.617. The van der Waals surface area contributed by atoms with Crippen molar-refractivity contribution in [3.05, 3.63) is 0 Å². The van der Waals surface area contributed by atoms with Crippen LogP contribution in [0.3, 0.4) is 0 Å². The molecule has 1 heterocycles. The number of ether oxygens (including phenoxy) is 1. The van der Waals surface area contributed by atoms with E-state index in [0.29, 0.717) is 25.3 Å². The summed E-state index contributed by atoms with van der Waals surface area (Å²) in [6.07, 6.45) is 5.40. The highest BCUT2D eigenvalue weighted by Crippen LogP contribution is 2.22. The first-order valence-electron chi connectivity index (χ1n) is 6.52. The zero-order valence-electron chi connectivity index (χ0n) is 10.9. The normalized spacial score (nSPS) is 21.2. The van der Waals surface area contributed by atoms with Crippen molar-refractivity contribution in [2.75, 3.05) is 20.2 Å². The Labute approximate surface area is 103 Å². The Hall–Kier alpha value is -1.06. The SMILES string of the molecule is CCCC1CCC(=O)N(CCC(=O)OC)CC1. The lowest BCUT2D eigenvalue weighted by Crippen LogP contribution is -2.32. The summed E-state index contributed by atoms with van der Waals surface area (Å²) >= 11 is 0. The minimum atomic E-state index is -0.243. The lowest BCUT2D eigenvalue weighted by atomic mass is 9.96. The highest BCUT2D eigenvalue weighted by atomic mass is 16.5. The van der Waals surface area contributed by atoms with Gasteiger partial charge in [0.1, 0.15) is 0 Å². The highest BCUT2D eigenvalue weighted by molar-refractivity contribution is 5.77. The molecule has 98 valence electrons. The standard InChI is InChI=1S/C13H23NO3/c1-3-4-11-5-6-12(15)14(9-7-11)10-8-13(16)17-2/h11H,3-10H2,1-2H3. The monoisotopic (exact) mass is 241 g/mol. The van der Waals surface area contributed by atoms with E-state index >= 15 is 0 Å². The van der Waals surface area contributed by atoms with Crippen LogP contribution in [0.1, 0.15) is 45.4 Å². The second-order valence-corrected chi connectivity index (χ2v) is 4.69. The van der Waals surface area contributed by atoms with Crippen molar-refractivity contribution in [3.63, 3.8) is 0 Å². The number of hydrogen-bond donors (Lipinski definition) is 0. The maximum Gasteiger partial charge on any atom is 0.307 e. The van der Waals surface area contributed by atoms with Gasteiger partial charge in [-0.1, -0.05) is 19.8 Å². The molecule has 1 amide bonds. The van der Waals surface area contributed by atoms with Gasteiger partial charge in [-0.05, 0) is 18.8 Å². The van der Waals surface area contributed by atoms with Gasteiger partial charge in [0.05, 0.1) is 13.5 Å². The number of carbonyl (C=O) groups excluding carboxylic acids is 2. The van der Waals surface area contributed by atoms with E-state index in [1.807, 2.05) is 4.90 Å². The molecule has 0 bridgehead atoms. The van der Waals surface area contributed by atoms with Gasteiger partial charge >= 0.3 is 5.97 Å². The first-order chi connectivity index (χ1) is 8.17. The molecule has 1 aliphatic rings. The van der Waals surface area contributed by atoms with E-state index in [0.717, 1.165) is 19.4 Å². The summed E-state index contributed by atoms with van der Waals surface area (Å²) in [5.41, 5.74) is 0. The third kappa shape index (κ3) is 4.75. The second-order valence-electron chi connectivity index (χ2n) is 4.69. The van der Waals surface area contributed by atoms with Crippen molar-refractivity contribution in [1.82, 2.24) is 4.90 Å². The topological polar surface area (TPSA) is 46.6 Å². The molecule has 1 atom stereocenters. The Morgan fingerprint density at radius 2 is 2.24 bits per heavy atom. The molecule has 1 saturated heterocycles. The summed E-state index contributed by atoms with van der Waals surface area (Å²) in [7, 11) is 1.38. The molecule has 0 aliphatic carbocycles. The van der Waals surface area contributed by atoms with Crippen LogP contribution in [0, 0.1) is 5.92 Å². The molecule has 0 aromatic rings. The van der Waals surface area contributed by atoms with Crippen LogP contribution in [0.4, 0.5) is 0 Å². The number of hydrogen-bond acceptors (Lipinski definition) is 3. The number of methoxy groups -OCH3 is 1. The van der Waals surface area contributed by atoms with Gasteiger partial charge < -0.3 is 9.64 Å². The Kier molecular flexibility index (Phi) is 6.01. The van der Waals surface area contributed by atoms with Crippen LogP contribution in [0.15, 0.2) is 0 Å². The Balaban J connectivity index is 2.39. The number of nitrogens with zero attached hydrogens (tertiary/aromatic N) is 1. The van der Waals surface area contributed by atoms with Crippen molar-refractivity contribution in [2.24, 2.45) is 5.92 Å². The third-order valence-corrected chi connectivity index (χ3v) is 3.44. The molecular weight excluding hydrogens is 218 g/mol. The van der Waals surface area contributed by atoms with Crippen LogP contribution >= 0.6 is 0 Å². The van der Waals surface area contributed by atoms with E-state index in [1.165, 1.54) is 20.0 Å². The lowest BCUT2D eigenvalue weighted by Gasteiger charge is -2.20. The molecule has 1 unspecified atom stereocenters. The predicted molar refractivity (Wildman–Crippen MR) is 65.5 cm³/mol. The van der Waals surface area contributed by atoms with Crippen molar-refractivity contribution in [2.45, 2.75) is 45.4 Å². The maximum absolute atomic E-state index is 11.8. The first kappa shape index (κ1) is 14.0. The quantitative estimate of drug-likeness (QED) is 0.691. The van der Waals surface area contributed by atoms with Gasteiger partial charge in [-0.3, -0.25) is 9.59 Å². The molecule has 4 nitrogen and oxygen atoms in total. The first-order valence-corrected chi connectivity index (χ1v) is 6.52. The van der Waals surface area contributed by atoms with Crippen LogP contribution in [-0.2, 0) is 14.3 Å². The number of esters is 1. The summed E-state index contributed by atoms with van der Waals surface area (Å²) in [6, 6.07) is 0. The lowest BCUT2D eigenvalue weighted by molar-refractivity contribution is -0.141. The van der Waals surface area contributed by atoms with Crippen LogP contribution in [0.25, 0.3) is 0 Å². The highest BCUT2D eigenvalue weighted by Gasteiger charge is 2.22. The fourth-order valence-electron chi connectivity index (χ4n) is 2.35. The zero-order valence-corrected chi connectivity index (χ0v) is 10.9. The van der Waals surface area contributed by atoms with Crippen LogP contribution in [0.5, 0.6) is 0 Å². The Bertz CT molecular complexity index is 265. The Morgan fingerprint density at radius 1 is 1.47 bits per heavy atom. The summed E-state index contributed by atoms with van der Waals surface area (Å²) in [4.78, 5) is 24.7. The summed E-state index contributed by atoms with van der Waals surface area (Å²) in [5, 5.41) is 0. The van der Waals surface area contributed by atoms with Crippen LogP contribution in [-0.4, -0.2) is 37.0 Å². The van der Waals surface area contributed by atoms with E-state index in [2.05, 4.69) is 11.7 Å². The second kappa shape index (κ2) is 7.30. The molecule has 0 radical (unpaired) electrons. The molecule has 0 N–H and O–H groups in total. The number of likely N-dealkylation sites (tertiary alicyclic amines) is 1. The van der Waals surface area contributed by atoms with Crippen LogP contribution < -0.4 is 0 Å². The molecule has 0 aromatic heterocycles. The molecule has 0 aromatic carbocycles.